The lowest BCUT2D eigenvalue weighted by Crippen LogP contribution is -3.11. The molecule has 0 aromatic heterocycles. The summed E-state index contributed by atoms with van der Waals surface area (Å²) in [5, 5.41) is 0.0632. The Bertz CT molecular complexity index is 616. The van der Waals surface area contributed by atoms with Crippen LogP contribution in [0.3, 0.4) is 0 Å². The summed E-state index contributed by atoms with van der Waals surface area (Å²) in [7, 11) is 2.12. The fourth-order valence-electron chi connectivity index (χ4n) is 2.73. The minimum absolute atomic E-state index is 0.0632. The molecular weight excluding hydrogens is 276 g/mol. The van der Waals surface area contributed by atoms with E-state index in [1.165, 1.54) is 4.90 Å². The maximum absolute atomic E-state index is 12.6. The van der Waals surface area contributed by atoms with E-state index in [-0.39, 0.29) is 16.6 Å². The molecule has 2 aliphatic rings. The summed E-state index contributed by atoms with van der Waals surface area (Å²) in [6.07, 6.45) is 0. The number of Topliss-reactive ketones (excluding diaryl/α,β-unsaturated/α-hetero) is 2. The summed E-state index contributed by atoms with van der Waals surface area (Å²) in [5.74, 6) is -0.382. The van der Waals surface area contributed by atoms with Gasteiger partial charge in [-0.25, -0.2) is 0 Å². The third-order valence-electron chi connectivity index (χ3n) is 3.97. The van der Waals surface area contributed by atoms with Gasteiger partial charge in [0, 0.05) is 11.1 Å². The Labute approximate surface area is 122 Å². The summed E-state index contributed by atoms with van der Waals surface area (Å²) in [6.45, 7) is 3.38. The molecule has 0 atom stereocenters. The predicted octanol–water partition coefficient (Wildman–Crippen LogP) is 0.346. The minimum Gasteiger partial charge on any atom is -0.356 e. The lowest BCUT2D eigenvalue weighted by molar-refractivity contribution is -0.883. The molecule has 0 bridgehead atoms. The van der Waals surface area contributed by atoms with Crippen molar-refractivity contribution in [3.8, 4) is 0 Å². The summed E-state index contributed by atoms with van der Waals surface area (Å²) < 4.78 is 0. The van der Waals surface area contributed by atoms with Crippen LogP contribution in [-0.4, -0.2) is 49.7 Å². The number of likely N-dealkylation sites (N-methyl/N-ethyl adjacent to an activating group) is 1. The number of allylic oxidation sites excluding steroid dienone is 2. The Morgan fingerprint density at radius 2 is 1.60 bits per heavy atom. The van der Waals surface area contributed by atoms with Gasteiger partial charge >= 0.3 is 0 Å². The van der Waals surface area contributed by atoms with Crippen LogP contribution in [0.5, 0.6) is 0 Å². The fraction of sp³-hybridized carbons (Fsp3) is 0.333. The zero-order chi connectivity index (χ0) is 14.3. The van der Waals surface area contributed by atoms with Gasteiger partial charge in [0.2, 0.25) is 11.6 Å². The van der Waals surface area contributed by atoms with Crippen molar-refractivity contribution < 1.29 is 14.5 Å². The van der Waals surface area contributed by atoms with Crippen molar-refractivity contribution >= 4 is 23.2 Å². The lowest BCUT2D eigenvalue weighted by Gasteiger charge is -2.34. The Kier molecular flexibility index (Phi) is 3.36. The monoisotopic (exact) mass is 291 g/mol. The average Bonchev–Trinajstić information content (AvgIpc) is 2.47. The van der Waals surface area contributed by atoms with Gasteiger partial charge in [0.15, 0.2) is 0 Å². The molecule has 1 heterocycles. The number of carbonyl (C=O) groups excluding carboxylic acids is 2. The number of quaternary nitrogens is 1. The second-order valence-electron chi connectivity index (χ2n) is 5.31. The van der Waals surface area contributed by atoms with Crippen molar-refractivity contribution in [3.05, 3.63) is 46.1 Å². The molecule has 1 fully saturated rings. The minimum atomic E-state index is -0.247. The van der Waals surface area contributed by atoms with Gasteiger partial charge in [0.25, 0.3) is 0 Å². The molecule has 1 aromatic carbocycles. The zero-order valence-electron chi connectivity index (χ0n) is 11.3. The SMILES string of the molecule is C[NH+]1CCN(C2=C(Cl)C(=O)c3ccccc3C2=O)CC1. The van der Waals surface area contributed by atoms with Gasteiger partial charge in [-0.3, -0.25) is 9.59 Å². The average molecular weight is 292 g/mol. The highest BCUT2D eigenvalue weighted by Gasteiger charge is 2.35. The third-order valence-corrected chi connectivity index (χ3v) is 4.32. The number of nitrogens with zero attached hydrogens (tertiary/aromatic N) is 1. The number of hydrogen-bond acceptors (Lipinski definition) is 3. The summed E-state index contributed by atoms with van der Waals surface area (Å²) in [6, 6.07) is 6.87. The van der Waals surface area contributed by atoms with Crippen molar-refractivity contribution in [2.24, 2.45) is 0 Å². The number of hydrogen-bond donors (Lipinski definition) is 1. The van der Waals surface area contributed by atoms with E-state index in [2.05, 4.69) is 7.05 Å². The largest absolute Gasteiger partial charge is 0.356 e. The van der Waals surface area contributed by atoms with Gasteiger partial charge in [0.1, 0.15) is 10.7 Å². The van der Waals surface area contributed by atoms with Crippen LogP contribution in [0.2, 0.25) is 0 Å². The van der Waals surface area contributed by atoms with Crippen LogP contribution in [0.4, 0.5) is 0 Å². The van der Waals surface area contributed by atoms with Crippen LogP contribution in [0.15, 0.2) is 35.0 Å². The second kappa shape index (κ2) is 5.04. The van der Waals surface area contributed by atoms with Crippen LogP contribution < -0.4 is 4.90 Å². The molecule has 5 heteroatoms. The summed E-state index contributed by atoms with van der Waals surface area (Å²) in [5.41, 5.74) is 1.25. The van der Waals surface area contributed by atoms with Crippen LogP contribution in [0, 0.1) is 0 Å². The molecule has 1 saturated heterocycles. The lowest BCUT2D eigenvalue weighted by atomic mass is 9.91. The van der Waals surface area contributed by atoms with Crippen molar-refractivity contribution in [2.45, 2.75) is 0 Å². The van der Waals surface area contributed by atoms with Gasteiger partial charge in [-0.05, 0) is 0 Å². The van der Waals surface area contributed by atoms with E-state index in [0.717, 1.165) is 26.2 Å². The molecule has 0 spiro atoms. The topological polar surface area (TPSA) is 41.8 Å². The van der Waals surface area contributed by atoms with Gasteiger partial charge in [0.05, 0.1) is 33.2 Å². The van der Waals surface area contributed by atoms with E-state index in [0.29, 0.717) is 16.8 Å². The van der Waals surface area contributed by atoms with Crippen molar-refractivity contribution in [2.75, 3.05) is 33.2 Å². The van der Waals surface area contributed by atoms with Crippen LogP contribution in [-0.2, 0) is 0 Å². The van der Waals surface area contributed by atoms with Crippen LogP contribution in [0.1, 0.15) is 20.7 Å². The molecule has 20 heavy (non-hydrogen) atoms. The number of nitrogens with one attached hydrogen (secondary N) is 1. The molecule has 1 N–H and O–H groups in total. The normalized spacial score (nSPS) is 20.4. The quantitative estimate of drug-likeness (QED) is 0.812. The van der Waals surface area contributed by atoms with Crippen molar-refractivity contribution in [1.82, 2.24) is 4.90 Å². The first-order valence-corrected chi connectivity index (χ1v) is 7.12. The molecular formula is C15H16ClN2O2+. The number of fused-ring (bicyclic) bond motifs is 1. The predicted molar refractivity (Wildman–Crippen MR) is 76.2 cm³/mol. The van der Waals surface area contributed by atoms with Gasteiger partial charge in [-0.2, -0.15) is 0 Å². The maximum atomic E-state index is 12.6. The molecule has 0 amide bonds. The highest BCUT2D eigenvalue weighted by molar-refractivity contribution is 6.49. The summed E-state index contributed by atoms with van der Waals surface area (Å²) >= 11 is 6.19. The van der Waals surface area contributed by atoms with E-state index in [1.807, 2.05) is 4.90 Å². The Balaban J connectivity index is 2.01. The molecule has 1 aliphatic heterocycles. The Morgan fingerprint density at radius 3 is 2.20 bits per heavy atom. The number of piperazine rings is 1. The molecule has 1 aromatic rings. The maximum Gasteiger partial charge on any atom is 0.211 e. The Hall–Kier alpha value is -1.65. The molecule has 4 nitrogen and oxygen atoms in total. The van der Waals surface area contributed by atoms with Crippen LogP contribution >= 0.6 is 11.6 Å². The molecule has 104 valence electrons. The van der Waals surface area contributed by atoms with E-state index in [1.54, 1.807) is 24.3 Å². The van der Waals surface area contributed by atoms with E-state index < -0.39 is 0 Å². The third kappa shape index (κ3) is 2.05. The standard InChI is InChI=1S/C15H15ClN2O2/c1-17-6-8-18(9-7-17)13-12(16)14(19)10-4-2-3-5-11(10)15(13)20/h2-5H,6-9H2,1H3/p+1. The molecule has 0 radical (unpaired) electrons. The number of benzene rings is 1. The highest BCUT2D eigenvalue weighted by atomic mass is 35.5. The fourth-order valence-corrected chi connectivity index (χ4v) is 3.03. The van der Waals surface area contributed by atoms with E-state index in [9.17, 15) is 9.59 Å². The van der Waals surface area contributed by atoms with Gasteiger partial charge < -0.3 is 9.80 Å². The van der Waals surface area contributed by atoms with Crippen LogP contribution in [0.25, 0.3) is 0 Å². The molecule has 3 rings (SSSR count). The summed E-state index contributed by atoms with van der Waals surface area (Å²) in [4.78, 5) is 28.3. The van der Waals surface area contributed by atoms with Gasteiger partial charge in [-0.1, -0.05) is 35.9 Å². The number of rotatable bonds is 1. The van der Waals surface area contributed by atoms with Crippen molar-refractivity contribution in [1.29, 1.82) is 0 Å². The molecule has 0 saturated carbocycles. The smallest absolute Gasteiger partial charge is 0.211 e. The number of carbonyl (C=O) groups is 2. The number of ketones is 2. The second-order valence-corrected chi connectivity index (χ2v) is 5.69. The number of halogens is 1. The molecule has 1 aliphatic carbocycles. The first-order chi connectivity index (χ1) is 9.59. The first-order valence-electron chi connectivity index (χ1n) is 6.74. The van der Waals surface area contributed by atoms with E-state index in [4.69, 9.17) is 11.6 Å². The van der Waals surface area contributed by atoms with E-state index >= 15 is 0 Å². The zero-order valence-corrected chi connectivity index (χ0v) is 12.0. The highest BCUT2D eigenvalue weighted by Crippen LogP contribution is 2.30. The Morgan fingerprint density at radius 1 is 1.05 bits per heavy atom. The molecule has 0 unspecified atom stereocenters. The first kappa shape index (κ1) is 13.3. The van der Waals surface area contributed by atoms with Crippen molar-refractivity contribution in [3.63, 3.8) is 0 Å². The van der Waals surface area contributed by atoms with Gasteiger partial charge in [-0.15, -0.1) is 0 Å².